The first-order valence-electron chi connectivity index (χ1n) is 12.2. The van der Waals surface area contributed by atoms with E-state index in [1.54, 1.807) is 41.2 Å². The fourth-order valence-electron chi connectivity index (χ4n) is 4.36. The molecule has 35 heavy (non-hydrogen) atoms. The third kappa shape index (κ3) is 6.74. The van der Waals surface area contributed by atoms with Gasteiger partial charge in [-0.05, 0) is 75.9 Å². The number of nitrogens with one attached hydrogen (secondary N) is 2. The van der Waals surface area contributed by atoms with Gasteiger partial charge in [0.2, 0.25) is 5.91 Å². The number of urea groups is 1. The molecule has 8 nitrogen and oxygen atoms in total. The van der Waals surface area contributed by atoms with Crippen molar-refractivity contribution < 1.29 is 19.1 Å². The van der Waals surface area contributed by atoms with E-state index >= 15 is 0 Å². The molecule has 0 radical (unpaired) electrons. The summed E-state index contributed by atoms with van der Waals surface area (Å²) in [4.78, 5) is 42.6. The molecule has 188 valence electrons. The number of methoxy groups -OCH3 is 1. The van der Waals surface area contributed by atoms with Crippen molar-refractivity contribution in [2.45, 2.75) is 39.7 Å². The van der Waals surface area contributed by atoms with Crippen molar-refractivity contribution in [3.8, 4) is 5.75 Å². The number of amides is 4. The molecule has 1 atom stereocenters. The number of hydrogen-bond acceptors (Lipinski definition) is 4. The highest BCUT2D eigenvalue weighted by Gasteiger charge is 2.35. The molecule has 1 aliphatic rings. The fraction of sp³-hybridized carbons (Fsp3) is 0.444. The van der Waals surface area contributed by atoms with Crippen molar-refractivity contribution >= 4 is 23.5 Å². The van der Waals surface area contributed by atoms with Crippen LogP contribution in [0.4, 0.5) is 10.5 Å². The Morgan fingerprint density at radius 3 is 2.14 bits per heavy atom. The van der Waals surface area contributed by atoms with Crippen molar-refractivity contribution in [2.24, 2.45) is 5.92 Å². The zero-order valence-corrected chi connectivity index (χ0v) is 21.0. The standard InChI is InChI=1S/C27H36N4O4/c1-5-30(6-2)26(33)24(29-25(32)21-9-13-23(35-4)14-10-21)20-15-17-31(18-16-20)27(34)28-22-11-7-19(3)8-12-22/h7-14,20,24H,5-6,15-18H2,1-4H3,(H,28,34)(H,29,32). The van der Waals surface area contributed by atoms with Crippen LogP contribution in [0.2, 0.25) is 0 Å². The van der Waals surface area contributed by atoms with E-state index in [4.69, 9.17) is 4.74 Å². The van der Waals surface area contributed by atoms with E-state index in [-0.39, 0.29) is 23.8 Å². The lowest BCUT2D eigenvalue weighted by Crippen LogP contribution is -2.55. The Balaban J connectivity index is 1.67. The molecule has 0 saturated carbocycles. The van der Waals surface area contributed by atoms with Crippen LogP contribution in [0.1, 0.15) is 42.6 Å². The maximum absolute atomic E-state index is 13.4. The molecule has 1 aliphatic heterocycles. The minimum absolute atomic E-state index is 0.0614. The molecule has 3 rings (SSSR count). The van der Waals surface area contributed by atoms with Crippen LogP contribution in [0.25, 0.3) is 0 Å². The van der Waals surface area contributed by atoms with Gasteiger partial charge in [-0.15, -0.1) is 0 Å². The summed E-state index contributed by atoms with van der Waals surface area (Å²) in [5.41, 5.74) is 2.35. The molecule has 0 aromatic heterocycles. The topological polar surface area (TPSA) is 91.0 Å². The zero-order valence-electron chi connectivity index (χ0n) is 21.0. The molecule has 1 fully saturated rings. The second kappa shape index (κ2) is 12.2. The molecule has 0 spiro atoms. The van der Waals surface area contributed by atoms with E-state index in [2.05, 4.69) is 10.6 Å². The number of aryl methyl sites for hydroxylation is 1. The Hall–Kier alpha value is -3.55. The molecule has 1 saturated heterocycles. The summed E-state index contributed by atoms with van der Waals surface area (Å²) in [6.07, 6.45) is 1.25. The van der Waals surface area contributed by atoms with Crippen LogP contribution in [0.5, 0.6) is 5.75 Å². The third-order valence-electron chi connectivity index (χ3n) is 6.58. The summed E-state index contributed by atoms with van der Waals surface area (Å²) in [5, 5.41) is 5.93. The number of ether oxygens (including phenoxy) is 1. The number of anilines is 1. The number of rotatable bonds is 8. The average molecular weight is 481 g/mol. The van der Waals surface area contributed by atoms with Crippen molar-refractivity contribution in [1.29, 1.82) is 0 Å². The number of hydrogen-bond donors (Lipinski definition) is 2. The van der Waals surface area contributed by atoms with Crippen LogP contribution in [0, 0.1) is 12.8 Å². The van der Waals surface area contributed by atoms with E-state index in [9.17, 15) is 14.4 Å². The minimum atomic E-state index is -0.646. The number of likely N-dealkylation sites (tertiary alicyclic amines) is 1. The molecule has 8 heteroatoms. The first-order chi connectivity index (χ1) is 16.9. The molecule has 1 unspecified atom stereocenters. The lowest BCUT2D eigenvalue weighted by Gasteiger charge is -2.37. The summed E-state index contributed by atoms with van der Waals surface area (Å²) >= 11 is 0. The van der Waals surface area contributed by atoms with E-state index in [0.29, 0.717) is 50.3 Å². The quantitative estimate of drug-likeness (QED) is 0.599. The average Bonchev–Trinajstić information content (AvgIpc) is 2.89. The Kier molecular flexibility index (Phi) is 9.11. The Morgan fingerprint density at radius 2 is 1.60 bits per heavy atom. The van der Waals surface area contributed by atoms with Crippen molar-refractivity contribution in [2.75, 3.05) is 38.6 Å². The number of nitrogens with zero attached hydrogens (tertiary/aromatic N) is 2. The molecule has 1 heterocycles. The second-order valence-electron chi connectivity index (χ2n) is 8.81. The molecule has 2 aromatic carbocycles. The first kappa shape index (κ1) is 26.1. The maximum Gasteiger partial charge on any atom is 0.321 e. The van der Waals surface area contributed by atoms with E-state index in [1.165, 1.54) is 0 Å². The molecular weight excluding hydrogens is 444 g/mol. The summed E-state index contributed by atoms with van der Waals surface area (Å²) < 4.78 is 5.17. The molecule has 2 N–H and O–H groups in total. The van der Waals surface area contributed by atoms with Crippen LogP contribution in [-0.4, -0.2) is 67.0 Å². The lowest BCUT2D eigenvalue weighted by molar-refractivity contribution is -0.134. The third-order valence-corrected chi connectivity index (χ3v) is 6.58. The summed E-state index contributed by atoms with van der Waals surface area (Å²) in [5.74, 6) is 0.222. The van der Waals surface area contributed by atoms with Crippen molar-refractivity contribution in [3.05, 3.63) is 59.7 Å². The van der Waals surface area contributed by atoms with Gasteiger partial charge in [0.1, 0.15) is 11.8 Å². The van der Waals surface area contributed by atoms with Gasteiger partial charge in [0.25, 0.3) is 5.91 Å². The monoisotopic (exact) mass is 480 g/mol. The van der Waals surface area contributed by atoms with Gasteiger partial charge >= 0.3 is 6.03 Å². The normalized spacial score (nSPS) is 14.7. The maximum atomic E-state index is 13.4. The van der Waals surface area contributed by atoms with E-state index in [1.807, 2.05) is 45.0 Å². The van der Waals surface area contributed by atoms with Gasteiger partial charge in [-0.1, -0.05) is 17.7 Å². The number of carbonyl (C=O) groups is 3. The predicted octanol–water partition coefficient (Wildman–Crippen LogP) is 3.91. The van der Waals surface area contributed by atoms with Gasteiger partial charge in [0.05, 0.1) is 7.11 Å². The van der Waals surface area contributed by atoms with Crippen LogP contribution < -0.4 is 15.4 Å². The Labute approximate surface area is 207 Å². The Morgan fingerprint density at radius 1 is 1.00 bits per heavy atom. The molecule has 0 aliphatic carbocycles. The highest BCUT2D eigenvalue weighted by Crippen LogP contribution is 2.24. The van der Waals surface area contributed by atoms with Gasteiger partial charge in [-0.25, -0.2) is 4.79 Å². The van der Waals surface area contributed by atoms with Crippen LogP contribution in [0.3, 0.4) is 0 Å². The number of carbonyl (C=O) groups excluding carboxylic acids is 3. The highest BCUT2D eigenvalue weighted by atomic mass is 16.5. The first-order valence-corrected chi connectivity index (χ1v) is 12.2. The van der Waals surface area contributed by atoms with E-state index < -0.39 is 6.04 Å². The minimum Gasteiger partial charge on any atom is -0.497 e. The number of likely N-dealkylation sites (N-methyl/N-ethyl adjacent to an activating group) is 1. The molecular formula is C27H36N4O4. The smallest absolute Gasteiger partial charge is 0.321 e. The second-order valence-corrected chi connectivity index (χ2v) is 8.81. The van der Waals surface area contributed by atoms with Gasteiger partial charge in [0, 0.05) is 37.4 Å². The van der Waals surface area contributed by atoms with Gasteiger partial charge in [-0.3, -0.25) is 9.59 Å². The summed E-state index contributed by atoms with van der Waals surface area (Å²) in [6, 6.07) is 13.7. The van der Waals surface area contributed by atoms with Gasteiger partial charge in [0.15, 0.2) is 0 Å². The summed E-state index contributed by atoms with van der Waals surface area (Å²) in [7, 11) is 1.57. The van der Waals surface area contributed by atoms with Crippen LogP contribution in [-0.2, 0) is 4.79 Å². The van der Waals surface area contributed by atoms with Crippen LogP contribution in [0.15, 0.2) is 48.5 Å². The van der Waals surface area contributed by atoms with Crippen molar-refractivity contribution in [3.63, 3.8) is 0 Å². The largest absolute Gasteiger partial charge is 0.497 e. The molecule has 4 amide bonds. The molecule has 2 aromatic rings. The highest BCUT2D eigenvalue weighted by molar-refractivity contribution is 5.97. The number of benzene rings is 2. The fourth-order valence-corrected chi connectivity index (χ4v) is 4.36. The van der Waals surface area contributed by atoms with Crippen LogP contribution >= 0.6 is 0 Å². The van der Waals surface area contributed by atoms with Crippen molar-refractivity contribution in [1.82, 2.24) is 15.1 Å². The SMILES string of the molecule is CCN(CC)C(=O)C(NC(=O)c1ccc(OC)cc1)C1CCN(C(=O)Nc2ccc(C)cc2)CC1. The summed E-state index contributed by atoms with van der Waals surface area (Å²) in [6.45, 7) is 8.04. The molecule has 0 bridgehead atoms. The van der Waals surface area contributed by atoms with E-state index in [0.717, 1.165) is 11.3 Å². The lowest BCUT2D eigenvalue weighted by atomic mass is 9.88. The Bertz CT molecular complexity index is 995. The van der Waals surface area contributed by atoms with Gasteiger partial charge in [-0.2, -0.15) is 0 Å². The van der Waals surface area contributed by atoms with Gasteiger partial charge < -0.3 is 25.2 Å². The number of piperidine rings is 1. The zero-order chi connectivity index (χ0) is 25.4. The predicted molar refractivity (Wildman–Crippen MR) is 137 cm³/mol.